The average Bonchev–Trinajstić information content (AvgIpc) is 2.54. The summed E-state index contributed by atoms with van der Waals surface area (Å²) in [7, 11) is 1.62. The van der Waals surface area contributed by atoms with E-state index in [9.17, 15) is 4.79 Å². The zero-order chi connectivity index (χ0) is 12.1. The summed E-state index contributed by atoms with van der Waals surface area (Å²) in [6.45, 7) is 4.20. The molecule has 0 spiro atoms. The van der Waals surface area contributed by atoms with E-state index in [1.807, 2.05) is 6.92 Å². The van der Waals surface area contributed by atoms with Gasteiger partial charge in [0.2, 0.25) is 0 Å². The maximum atomic E-state index is 11.9. The lowest BCUT2D eigenvalue weighted by molar-refractivity contribution is 0.0965. The minimum absolute atomic E-state index is 0.0398. The Morgan fingerprint density at radius 1 is 1.56 bits per heavy atom. The number of hydrogen-bond donors (Lipinski definition) is 1. The van der Waals surface area contributed by atoms with Crippen LogP contribution in [0.4, 0.5) is 0 Å². The van der Waals surface area contributed by atoms with Gasteiger partial charge >= 0.3 is 0 Å². The first-order valence-electron chi connectivity index (χ1n) is 5.39. The number of nitrogens with two attached hydrogens (primary N) is 1. The number of ether oxygens (including phenoxy) is 1. The highest BCUT2D eigenvalue weighted by atomic mass is 16.5. The molecule has 90 valence electrons. The first kappa shape index (κ1) is 12.9. The lowest BCUT2D eigenvalue weighted by Gasteiger charge is -2.09. The van der Waals surface area contributed by atoms with Crippen LogP contribution < -0.4 is 5.73 Å². The molecule has 0 radical (unpaired) electrons. The molecular weight excluding hydrogens is 206 g/mol. The van der Waals surface area contributed by atoms with Crippen LogP contribution in [0.2, 0.25) is 0 Å². The van der Waals surface area contributed by atoms with Crippen LogP contribution in [0.3, 0.4) is 0 Å². The van der Waals surface area contributed by atoms with Crippen LogP contribution in [0.1, 0.15) is 34.7 Å². The van der Waals surface area contributed by atoms with E-state index in [2.05, 4.69) is 0 Å². The molecule has 0 aliphatic carbocycles. The zero-order valence-corrected chi connectivity index (χ0v) is 10.1. The molecule has 0 bridgehead atoms. The molecule has 0 fully saturated rings. The second-order valence-electron chi connectivity index (χ2n) is 4.00. The molecule has 1 unspecified atom stereocenters. The lowest BCUT2D eigenvalue weighted by Crippen LogP contribution is -2.25. The van der Waals surface area contributed by atoms with Gasteiger partial charge in [-0.05, 0) is 26.3 Å². The van der Waals surface area contributed by atoms with Gasteiger partial charge in [-0.15, -0.1) is 0 Å². The van der Waals surface area contributed by atoms with E-state index in [1.54, 1.807) is 20.1 Å². The average molecular weight is 225 g/mol. The molecule has 1 heterocycles. The van der Waals surface area contributed by atoms with Crippen molar-refractivity contribution in [1.82, 2.24) is 0 Å². The highest BCUT2D eigenvalue weighted by Gasteiger charge is 2.16. The van der Waals surface area contributed by atoms with E-state index in [1.165, 1.54) is 0 Å². The Balaban J connectivity index is 2.55. The number of furan rings is 1. The Hall–Kier alpha value is -1.13. The molecule has 1 atom stereocenters. The van der Waals surface area contributed by atoms with Gasteiger partial charge in [0, 0.05) is 26.2 Å². The van der Waals surface area contributed by atoms with Gasteiger partial charge < -0.3 is 14.9 Å². The van der Waals surface area contributed by atoms with Crippen LogP contribution >= 0.6 is 0 Å². The predicted molar refractivity (Wildman–Crippen MR) is 61.6 cm³/mol. The molecule has 0 aliphatic heterocycles. The maximum Gasteiger partial charge on any atom is 0.167 e. The summed E-state index contributed by atoms with van der Waals surface area (Å²) < 4.78 is 10.2. The first-order valence-corrected chi connectivity index (χ1v) is 5.39. The molecule has 0 amide bonds. The van der Waals surface area contributed by atoms with E-state index in [0.29, 0.717) is 30.8 Å². The summed E-state index contributed by atoms with van der Waals surface area (Å²) in [6.07, 6.45) is 1.03. The number of aryl methyl sites for hydroxylation is 2. The summed E-state index contributed by atoms with van der Waals surface area (Å²) in [5, 5.41) is 0. The molecule has 0 aliphatic rings. The number of rotatable bonds is 6. The van der Waals surface area contributed by atoms with Crippen molar-refractivity contribution < 1.29 is 13.9 Å². The molecule has 0 saturated carbocycles. The van der Waals surface area contributed by atoms with Gasteiger partial charge in [0.05, 0.1) is 5.56 Å². The van der Waals surface area contributed by atoms with Crippen molar-refractivity contribution in [2.24, 2.45) is 5.73 Å². The third-order valence-electron chi connectivity index (χ3n) is 2.48. The molecule has 1 aromatic heterocycles. The molecule has 1 aromatic rings. The van der Waals surface area contributed by atoms with E-state index >= 15 is 0 Å². The highest BCUT2D eigenvalue weighted by molar-refractivity contribution is 5.97. The van der Waals surface area contributed by atoms with Crippen molar-refractivity contribution in [3.63, 3.8) is 0 Å². The third-order valence-corrected chi connectivity index (χ3v) is 2.48. The zero-order valence-electron chi connectivity index (χ0n) is 10.1. The largest absolute Gasteiger partial charge is 0.466 e. The molecule has 16 heavy (non-hydrogen) atoms. The Labute approximate surface area is 95.8 Å². The normalized spacial score (nSPS) is 12.8. The fourth-order valence-corrected chi connectivity index (χ4v) is 1.63. The van der Waals surface area contributed by atoms with Gasteiger partial charge in [-0.25, -0.2) is 0 Å². The van der Waals surface area contributed by atoms with Crippen molar-refractivity contribution in [2.45, 2.75) is 32.7 Å². The Morgan fingerprint density at radius 3 is 2.75 bits per heavy atom. The summed E-state index contributed by atoms with van der Waals surface area (Å²) in [5.41, 5.74) is 6.47. The van der Waals surface area contributed by atoms with E-state index in [0.717, 1.165) is 5.76 Å². The summed E-state index contributed by atoms with van der Waals surface area (Å²) in [4.78, 5) is 11.9. The van der Waals surface area contributed by atoms with E-state index < -0.39 is 0 Å². The number of ketones is 1. The minimum Gasteiger partial charge on any atom is -0.466 e. The molecule has 4 nitrogen and oxygen atoms in total. The monoisotopic (exact) mass is 225 g/mol. The van der Waals surface area contributed by atoms with Gasteiger partial charge in [-0.2, -0.15) is 0 Å². The summed E-state index contributed by atoms with van der Waals surface area (Å²) in [5.74, 6) is 1.46. The van der Waals surface area contributed by atoms with Gasteiger partial charge in [0.25, 0.3) is 0 Å². The van der Waals surface area contributed by atoms with Gasteiger partial charge in [-0.1, -0.05) is 0 Å². The van der Waals surface area contributed by atoms with Crippen LogP contribution in [0, 0.1) is 13.8 Å². The quantitative estimate of drug-likeness (QED) is 0.750. The number of carbonyl (C=O) groups is 1. The smallest absolute Gasteiger partial charge is 0.167 e. The molecule has 1 rings (SSSR count). The SMILES string of the molecule is COCCC(N)CC(=O)c1cc(C)oc1C. The van der Waals surface area contributed by atoms with Crippen molar-refractivity contribution in [2.75, 3.05) is 13.7 Å². The molecule has 2 N–H and O–H groups in total. The van der Waals surface area contributed by atoms with Crippen LogP contribution in [0.5, 0.6) is 0 Å². The van der Waals surface area contributed by atoms with Crippen LogP contribution in [0.25, 0.3) is 0 Å². The standard InChI is InChI=1S/C12H19NO3/c1-8-6-11(9(2)16-8)12(14)7-10(13)4-5-15-3/h6,10H,4-5,7,13H2,1-3H3. The second-order valence-corrected chi connectivity index (χ2v) is 4.00. The van der Waals surface area contributed by atoms with Crippen LogP contribution in [-0.4, -0.2) is 25.5 Å². The molecule has 0 saturated heterocycles. The van der Waals surface area contributed by atoms with Crippen molar-refractivity contribution >= 4 is 5.78 Å². The Bertz CT molecular complexity index is 357. The minimum atomic E-state index is -0.151. The third kappa shape index (κ3) is 3.47. The second kappa shape index (κ2) is 5.82. The Morgan fingerprint density at radius 2 is 2.25 bits per heavy atom. The predicted octanol–water partition coefficient (Wildman–Crippen LogP) is 1.83. The van der Waals surface area contributed by atoms with Crippen LogP contribution in [-0.2, 0) is 4.74 Å². The highest BCUT2D eigenvalue weighted by Crippen LogP contribution is 2.16. The lowest BCUT2D eigenvalue weighted by atomic mass is 10.0. The number of methoxy groups -OCH3 is 1. The molecule has 4 heteroatoms. The fraction of sp³-hybridized carbons (Fsp3) is 0.583. The van der Waals surface area contributed by atoms with Crippen molar-refractivity contribution in [3.8, 4) is 0 Å². The number of hydrogen-bond acceptors (Lipinski definition) is 4. The first-order chi connectivity index (χ1) is 7.54. The summed E-state index contributed by atoms with van der Waals surface area (Å²) >= 11 is 0. The van der Waals surface area contributed by atoms with Crippen molar-refractivity contribution in [1.29, 1.82) is 0 Å². The maximum absolute atomic E-state index is 11.9. The van der Waals surface area contributed by atoms with E-state index in [-0.39, 0.29) is 11.8 Å². The Kier molecular flexibility index (Phi) is 4.71. The van der Waals surface area contributed by atoms with Gasteiger partial charge in [0.1, 0.15) is 11.5 Å². The topological polar surface area (TPSA) is 65.5 Å². The van der Waals surface area contributed by atoms with Crippen LogP contribution in [0.15, 0.2) is 10.5 Å². The molecule has 0 aromatic carbocycles. The number of carbonyl (C=O) groups excluding carboxylic acids is 1. The van der Waals surface area contributed by atoms with E-state index in [4.69, 9.17) is 14.9 Å². The van der Waals surface area contributed by atoms with Gasteiger partial charge in [-0.3, -0.25) is 4.79 Å². The fourth-order valence-electron chi connectivity index (χ4n) is 1.63. The van der Waals surface area contributed by atoms with Gasteiger partial charge in [0.15, 0.2) is 5.78 Å². The van der Waals surface area contributed by atoms with Crippen molar-refractivity contribution in [3.05, 3.63) is 23.2 Å². The molecular formula is C12H19NO3. The summed E-state index contributed by atoms with van der Waals surface area (Å²) in [6, 6.07) is 1.61. The number of Topliss-reactive ketones (excluding diaryl/α,β-unsaturated/α-hetero) is 1.